The van der Waals surface area contributed by atoms with Crippen molar-refractivity contribution in [2.45, 2.75) is 32.7 Å². The zero-order valence-electron chi connectivity index (χ0n) is 14.2. The predicted molar refractivity (Wildman–Crippen MR) is 96.4 cm³/mol. The number of likely N-dealkylation sites (tertiary alicyclic amines) is 1. The Morgan fingerprint density at radius 2 is 2.26 bits per heavy atom. The minimum Gasteiger partial charge on any atom is -0.495 e. The quantitative estimate of drug-likeness (QED) is 0.863. The number of rotatable bonds is 5. The summed E-state index contributed by atoms with van der Waals surface area (Å²) in [7, 11) is 1.61. The van der Waals surface area contributed by atoms with E-state index in [1.54, 1.807) is 7.11 Å². The van der Waals surface area contributed by atoms with Crippen molar-refractivity contribution in [3.05, 3.63) is 23.8 Å². The Bertz CT molecular complexity index is 523. The number of anilines is 1. The van der Waals surface area contributed by atoms with Gasteiger partial charge >= 0.3 is 0 Å². The molecule has 0 radical (unpaired) electrons. The Labute approximate surface area is 145 Å². The maximum atomic E-state index is 12.3. The Kier molecular flexibility index (Phi) is 7.82. The van der Waals surface area contributed by atoms with Crippen LogP contribution in [0.4, 0.5) is 5.69 Å². The number of benzene rings is 1. The van der Waals surface area contributed by atoms with Gasteiger partial charge in [0.15, 0.2) is 0 Å². The largest absolute Gasteiger partial charge is 0.495 e. The van der Waals surface area contributed by atoms with E-state index < -0.39 is 0 Å². The monoisotopic (exact) mass is 341 g/mol. The van der Waals surface area contributed by atoms with Gasteiger partial charge in [-0.15, -0.1) is 12.4 Å². The van der Waals surface area contributed by atoms with Gasteiger partial charge in [-0.25, -0.2) is 0 Å². The maximum absolute atomic E-state index is 12.3. The maximum Gasteiger partial charge on any atom is 0.238 e. The highest BCUT2D eigenvalue weighted by Crippen LogP contribution is 2.25. The molecule has 1 heterocycles. The Morgan fingerprint density at radius 3 is 2.91 bits per heavy atom. The van der Waals surface area contributed by atoms with Crippen molar-refractivity contribution in [2.75, 3.05) is 32.1 Å². The molecule has 0 aromatic heterocycles. The van der Waals surface area contributed by atoms with Gasteiger partial charge in [0.2, 0.25) is 5.91 Å². The van der Waals surface area contributed by atoms with Crippen molar-refractivity contribution in [1.82, 2.24) is 4.90 Å². The molecule has 1 fully saturated rings. The molecule has 0 bridgehead atoms. The minimum atomic E-state index is -0.00535. The molecule has 2 unspecified atom stereocenters. The van der Waals surface area contributed by atoms with Crippen molar-refractivity contribution in [2.24, 2.45) is 11.7 Å². The molecule has 1 aromatic rings. The number of carbonyl (C=O) groups is 1. The number of piperidine rings is 1. The van der Waals surface area contributed by atoms with Gasteiger partial charge in [-0.2, -0.15) is 0 Å². The third kappa shape index (κ3) is 5.68. The molecule has 1 amide bonds. The van der Waals surface area contributed by atoms with Gasteiger partial charge in [0, 0.05) is 12.6 Å². The number of nitrogens with one attached hydrogen (secondary N) is 1. The first-order valence-corrected chi connectivity index (χ1v) is 7.92. The highest BCUT2D eigenvalue weighted by molar-refractivity contribution is 5.93. The molecule has 0 aliphatic carbocycles. The van der Waals surface area contributed by atoms with Crippen LogP contribution in [0, 0.1) is 12.8 Å². The molecule has 2 rings (SSSR count). The molecule has 130 valence electrons. The van der Waals surface area contributed by atoms with Crippen LogP contribution in [0.15, 0.2) is 18.2 Å². The second kappa shape index (κ2) is 9.11. The van der Waals surface area contributed by atoms with Crippen LogP contribution >= 0.6 is 12.4 Å². The third-order valence-electron chi connectivity index (χ3n) is 4.28. The fraction of sp³-hybridized carbons (Fsp3) is 0.588. The average molecular weight is 342 g/mol. The van der Waals surface area contributed by atoms with Gasteiger partial charge in [-0.3, -0.25) is 9.69 Å². The van der Waals surface area contributed by atoms with Crippen molar-refractivity contribution < 1.29 is 9.53 Å². The van der Waals surface area contributed by atoms with Crippen molar-refractivity contribution in [3.8, 4) is 5.75 Å². The SMILES string of the molecule is COc1ccc(C)cc1NC(=O)CN1CCCC(C(C)N)C1.Cl. The van der Waals surface area contributed by atoms with Gasteiger partial charge in [0.05, 0.1) is 19.3 Å². The lowest BCUT2D eigenvalue weighted by molar-refractivity contribution is -0.117. The number of carbonyl (C=O) groups excluding carboxylic acids is 1. The van der Waals surface area contributed by atoms with Gasteiger partial charge in [-0.1, -0.05) is 6.07 Å². The lowest BCUT2D eigenvalue weighted by atomic mass is 9.92. The van der Waals surface area contributed by atoms with Crippen LogP contribution in [-0.4, -0.2) is 43.6 Å². The number of nitrogens with zero attached hydrogens (tertiary/aromatic N) is 1. The van der Waals surface area contributed by atoms with E-state index in [2.05, 4.69) is 10.2 Å². The van der Waals surface area contributed by atoms with Crippen LogP contribution in [0.1, 0.15) is 25.3 Å². The van der Waals surface area contributed by atoms with E-state index in [4.69, 9.17) is 10.5 Å². The summed E-state index contributed by atoms with van der Waals surface area (Å²) >= 11 is 0. The zero-order valence-corrected chi connectivity index (χ0v) is 15.0. The highest BCUT2D eigenvalue weighted by Gasteiger charge is 2.24. The molecule has 0 saturated carbocycles. The first-order chi connectivity index (χ1) is 10.5. The smallest absolute Gasteiger partial charge is 0.238 e. The predicted octanol–water partition coefficient (Wildman–Crippen LogP) is 2.42. The number of nitrogens with two attached hydrogens (primary N) is 1. The topological polar surface area (TPSA) is 67.6 Å². The highest BCUT2D eigenvalue weighted by atomic mass is 35.5. The van der Waals surface area contributed by atoms with Crippen LogP contribution in [-0.2, 0) is 4.79 Å². The molecule has 1 aliphatic heterocycles. The number of ether oxygens (including phenoxy) is 1. The summed E-state index contributed by atoms with van der Waals surface area (Å²) in [4.78, 5) is 14.5. The fourth-order valence-corrected chi connectivity index (χ4v) is 2.98. The van der Waals surface area contributed by atoms with Crippen molar-refractivity contribution >= 4 is 24.0 Å². The standard InChI is InChI=1S/C17H27N3O2.ClH/c1-12-6-7-16(22-3)15(9-12)19-17(21)11-20-8-4-5-14(10-20)13(2)18;/h6-7,9,13-14H,4-5,8,10-11,18H2,1-3H3,(H,19,21);1H. The molecule has 1 aliphatic rings. The van der Waals surface area contributed by atoms with Gasteiger partial charge in [0.25, 0.3) is 0 Å². The van der Waals surface area contributed by atoms with E-state index in [9.17, 15) is 4.79 Å². The van der Waals surface area contributed by atoms with E-state index in [1.807, 2.05) is 32.0 Å². The number of halogens is 1. The molecule has 2 atom stereocenters. The van der Waals surface area contributed by atoms with Crippen LogP contribution in [0.2, 0.25) is 0 Å². The first-order valence-electron chi connectivity index (χ1n) is 7.92. The van der Waals surface area contributed by atoms with E-state index in [0.717, 1.165) is 37.2 Å². The fourth-order valence-electron chi connectivity index (χ4n) is 2.98. The molecular formula is C17H28ClN3O2. The molecule has 3 N–H and O–H groups in total. The lowest BCUT2D eigenvalue weighted by Crippen LogP contribution is -2.45. The number of hydrogen-bond acceptors (Lipinski definition) is 4. The summed E-state index contributed by atoms with van der Waals surface area (Å²) in [6.45, 7) is 6.30. The summed E-state index contributed by atoms with van der Waals surface area (Å²) in [5.41, 5.74) is 7.81. The number of aryl methyl sites for hydroxylation is 1. The first kappa shape index (κ1) is 19.7. The number of hydrogen-bond donors (Lipinski definition) is 2. The summed E-state index contributed by atoms with van der Waals surface area (Å²) in [5, 5.41) is 2.96. The summed E-state index contributed by atoms with van der Waals surface area (Å²) in [5.74, 6) is 1.16. The van der Waals surface area contributed by atoms with Crippen molar-refractivity contribution in [3.63, 3.8) is 0 Å². The Morgan fingerprint density at radius 1 is 1.52 bits per heavy atom. The molecule has 1 saturated heterocycles. The van der Waals surface area contributed by atoms with E-state index in [1.165, 1.54) is 0 Å². The minimum absolute atomic E-state index is 0. The Hall–Kier alpha value is -1.30. The molecular weight excluding hydrogens is 314 g/mol. The molecule has 6 heteroatoms. The molecule has 1 aromatic carbocycles. The third-order valence-corrected chi connectivity index (χ3v) is 4.28. The van der Waals surface area contributed by atoms with E-state index >= 15 is 0 Å². The summed E-state index contributed by atoms with van der Waals surface area (Å²) in [6.07, 6.45) is 2.26. The second-order valence-electron chi connectivity index (χ2n) is 6.25. The number of amides is 1. The van der Waals surface area contributed by atoms with Gasteiger partial charge in [-0.05, 0) is 56.8 Å². The molecule has 0 spiro atoms. The number of methoxy groups -OCH3 is 1. The van der Waals surface area contributed by atoms with E-state index in [-0.39, 0.29) is 24.4 Å². The van der Waals surface area contributed by atoms with Crippen molar-refractivity contribution in [1.29, 1.82) is 0 Å². The molecule has 23 heavy (non-hydrogen) atoms. The van der Waals surface area contributed by atoms with Crippen LogP contribution < -0.4 is 15.8 Å². The van der Waals surface area contributed by atoms with Crippen LogP contribution in [0.5, 0.6) is 5.75 Å². The summed E-state index contributed by atoms with van der Waals surface area (Å²) < 4.78 is 5.29. The van der Waals surface area contributed by atoms with E-state index in [0.29, 0.717) is 18.2 Å². The van der Waals surface area contributed by atoms with Crippen LogP contribution in [0.25, 0.3) is 0 Å². The van der Waals surface area contributed by atoms with Gasteiger partial charge < -0.3 is 15.8 Å². The summed E-state index contributed by atoms with van der Waals surface area (Å²) in [6, 6.07) is 5.95. The lowest BCUT2D eigenvalue weighted by Gasteiger charge is -2.34. The average Bonchev–Trinajstić information content (AvgIpc) is 2.47. The molecule has 5 nitrogen and oxygen atoms in total. The van der Waals surface area contributed by atoms with Crippen LogP contribution in [0.3, 0.4) is 0 Å². The second-order valence-corrected chi connectivity index (χ2v) is 6.25. The van der Waals surface area contributed by atoms with Gasteiger partial charge in [0.1, 0.15) is 5.75 Å². The Balaban J connectivity index is 0.00000264. The zero-order chi connectivity index (χ0) is 16.1. The normalized spacial score (nSPS) is 19.6.